The molecule has 4 heterocycles. The molecule has 0 radical (unpaired) electrons. The number of fused-ring (bicyclic) bond motifs is 2. The van der Waals surface area contributed by atoms with E-state index in [0.29, 0.717) is 11.2 Å². The first-order chi connectivity index (χ1) is 10.5. The van der Waals surface area contributed by atoms with Crippen molar-refractivity contribution in [2.45, 2.75) is 24.5 Å². The van der Waals surface area contributed by atoms with Crippen LogP contribution in [0.1, 0.15) is 6.23 Å². The van der Waals surface area contributed by atoms with Gasteiger partial charge in [-0.3, -0.25) is 9.13 Å². The van der Waals surface area contributed by atoms with Crippen LogP contribution in [0.15, 0.2) is 12.7 Å². The normalized spacial score (nSPS) is 37.7. The fraction of sp³-hybridized carbons (Fsp3) is 0.500. The van der Waals surface area contributed by atoms with Gasteiger partial charge in [0.05, 0.1) is 12.9 Å². The molecule has 118 valence electrons. The van der Waals surface area contributed by atoms with Gasteiger partial charge in [0.1, 0.15) is 30.2 Å². The molecule has 0 bridgehead atoms. The van der Waals surface area contributed by atoms with E-state index in [0.717, 1.165) is 0 Å². The van der Waals surface area contributed by atoms with Crippen molar-refractivity contribution in [1.82, 2.24) is 19.5 Å². The minimum Gasteiger partial charge on any atom is -0.756 e. The molecule has 0 saturated carbocycles. The van der Waals surface area contributed by atoms with Gasteiger partial charge in [0.25, 0.3) is 7.82 Å². The van der Waals surface area contributed by atoms with Crippen LogP contribution < -0.4 is 10.6 Å². The van der Waals surface area contributed by atoms with E-state index >= 15 is 0 Å². The first-order valence-corrected chi connectivity index (χ1v) is 7.83. The smallest absolute Gasteiger partial charge is 0.268 e. The predicted octanol–water partition coefficient (Wildman–Crippen LogP) is -1.45. The van der Waals surface area contributed by atoms with Crippen LogP contribution in [0.4, 0.5) is 5.82 Å². The highest BCUT2D eigenvalue weighted by atomic mass is 31.2. The van der Waals surface area contributed by atoms with Gasteiger partial charge in [-0.05, 0) is 0 Å². The van der Waals surface area contributed by atoms with Crippen molar-refractivity contribution in [2.24, 2.45) is 0 Å². The van der Waals surface area contributed by atoms with Crippen LogP contribution in [0, 0.1) is 0 Å². The van der Waals surface area contributed by atoms with Gasteiger partial charge >= 0.3 is 0 Å². The molecular formula is C10H11N5O6P-. The number of phosphoric acid groups is 1. The van der Waals surface area contributed by atoms with Gasteiger partial charge in [-0.2, -0.15) is 0 Å². The molecule has 22 heavy (non-hydrogen) atoms. The van der Waals surface area contributed by atoms with Gasteiger partial charge in [-0.15, -0.1) is 0 Å². The van der Waals surface area contributed by atoms with Crippen LogP contribution in [0.5, 0.6) is 0 Å². The number of rotatable bonds is 2. The summed E-state index contributed by atoms with van der Waals surface area (Å²) in [4.78, 5) is 23.5. The van der Waals surface area contributed by atoms with Crippen LogP contribution in [-0.2, 0) is 18.3 Å². The van der Waals surface area contributed by atoms with Crippen molar-refractivity contribution in [3.8, 4) is 0 Å². The van der Waals surface area contributed by atoms with Crippen molar-refractivity contribution in [2.75, 3.05) is 12.3 Å². The average molecular weight is 328 g/mol. The number of hydrogen-bond acceptors (Lipinski definition) is 10. The molecule has 11 nitrogen and oxygen atoms in total. The zero-order valence-electron chi connectivity index (χ0n) is 11.0. The van der Waals surface area contributed by atoms with Crippen molar-refractivity contribution < 1.29 is 28.3 Å². The number of nitrogens with zero attached hydrogens (tertiary/aromatic N) is 4. The Bertz CT molecular complexity index is 782. The lowest BCUT2D eigenvalue weighted by Crippen LogP contribution is -2.30. The van der Waals surface area contributed by atoms with Gasteiger partial charge in [0.15, 0.2) is 17.7 Å². The Labute approximate surface area is 123 Å². The number of anilines is 1. The quantitative estimate of drug-likeness (QED) is 0.625. The second-order valence-corrected chi connectivity index (χ2v) is 6.23. The molecule has 2 aliphatic rings. The standard InChI is InChI=1S/C10H12N5O6P/c11-8-5-9(13-2-12-8)15(3-14-5)10-7-6(4(1-16)19-10)20-22(17,18)21-7/h2-4,6-7,10,16H,1H2,(H,17,18)(H2,11,12,13)/p-1/t4-,6-,7-,10-/m1/s1. The Morgan fingerprint density at radius 1 is 1.36 bits per heavy atom. The van der Waals surface area contributed by atoms with Crippen molar-refractivity contribution in [3.05, 3.63) is 12.7 Å². The number of nitrogen functional groups attached to an aromatic ring is 1. The molecule has 4 rings (SSSR count). The summed E-state index contributed by atoms with van der Waals surface area (Å²) in [5, 5.41) is 9.33. The molecule has 1 unspecified atom stereocenters. The van der Waals surface area contributed by atoms with Crippen LogP contribution in [-0.4, -0.2) is 49.5 Å². The molecule has 5 atom stereocenters. The van der Waals surface area contributed by atoms with Gasteiger partial charge in [0.2, 0.25) is 0 Å². The Morgan fingerprint density at radius 2 is 2.14 bits per heavy atom. The first-order valence-electron chi connectivity index (χ1n) is 6.37. The summed E-state index contributed by atoms with van der Waals surface area (Å²) in [6, 6.07) is 0. The van der Waals surface area contributed by atoms with E-state index in [-0.39, 0.29) is 5.82 Å². The first kappa shape index (κ1) is 14.0. The summed E-state index contributed by atoms with van der Waals surface area (Å²) >= 11 is 0. The highest BCUT2D eigenvalue weighted by molar-refractivity contribution is 7.46. The van der Waals surface area contributed by atoms with Crippen LogP contribution in [0.2, 0.25) is 0 Å². The minimum atomic E-state index is -4.41. The topological polar surface area (TPSA) is 158 Å². The second-order valence-electron chi connectivity index (χ2n) is 4.92. The van der Waals surface area contributed by atoms with E-state index in [1.165, 1.54) is 17.2 Å². The molecule has 2 aliphatic heterocycles. The Balaban J connectivity index is 1.78. The Morgan fingerprint density at radius 3 is 2.91 bits per heavy atom. The maximum absolute atomic E-state index is 11.5. The maximum atomic E-state index is 11.5. The number of aliphatic hydroxyl groups is 1. The lowest BCUT2D eigenvalue weighted by Gasteiger charge is -2.22. The summed E-state index contributed by atoms with van der Waals surface area (Å²) in [6.45, 7) is -0.412. The number of imidazole rings is 1. The zero-order valence-corrected chi connectivity index (χ0v) is 11.9. The van der Waals surface area contributed by atoms with E-state index in [1.54, 1.807) is 0 Å². The predicted molar refractivity (Wildman–Crippen MR) is 68.1 cm³/mol. The van der Waals surface area contributed by atoms with Gasteiger partial charge < -0.3 is 29.5 Å². The SMILES string of the molecule is Nc1ncnc2c1ncn2[C@@H]1O[C@H](CO)[C@H]2OP(=O)([O-])O[C@H]21. The summed E-state index contributed by atoms with van der Waals surface area (Å²) in [6.07, 6.45) is -0.906. The molecule has 0 aliphatic carbocycles. The highest BCUT2D eigenvalue weighted by Crippen LogP contribution is 2.55. The van der Waals surface area contributed by atoms with Gasteiger partial charge in [-0.1, -0.05) is 0 Å². The third-order valence-corrected chi connectivity index (χ3v) is 4.63. The van der Waals surface area contributed by atoms with E-state index in [9.17, 15) is 14.6 Å². The van der Waals surface area contributed by atoms with Crippen LogP contribution >= 0.6 is 7.82 Å². The van der Waals surface area contributed by atoms with E-state index < -0.39 is 39.0 Å². The highest BCUT2D eigenvalue weighted by Gasteiger charge is 2.54. The molecule has 2 saturated heterocycles. The summed E-state index contributed by atoms with van der Waals surface area (Å²) < 4.78 is 28.4. The zero-order chi connectivity index (χ0) is 15.5. The molecule has 2 fully saturated rings. The maximum Gasteiger partial charge on any atom is 0.268 e. The van der Waals surface area contributed by atoms with E-state index in [2.05, 4.69) is 15.0 Å². The molecule has 12 heteroatoms. The molecule has 2 aromatic heterocycles. The molecule has 0 spiro atoms. The monoisotopic (exact) mass is 328 g/mol. The number of hydrogen-bond donors (Lipinski definition) is 2. The fourth-order valence-electron chi connectivity index (χ4n) is 2.70. The lowest BCUT2D eigenvalue weighted by atomic mass is 10.1. The number of nitrogens with two attached hydrogens (primary N) is 1. The average Bonchev–Trinajstić information content (AvgIpc) is 3.10. The van der Waals surface area contributed by atoms with Crippen LogP contribution in [0.3, 0.4) is 0 Å². The third-order valence-electron chi connectivity index (χ3n) is 3.63. The summed E-state index contributed by atoms with van der Waals surface area (Å²) in [5.74, 6) is 0.190. The fourth-order valence-corrected chi connectivity index (χ4v) is 3.82. The van der Waals surface area contributed by atoms with Crippen LogP contribution in [0.25, 0.3) is 11.2 Å². The molecule has 3 N–H and O–H groups in total. The number of ether oxygens (including phenoxy) is 1. The van der Waals surface area contributed by atoms with Crippen molar-refractivity contribution >= 4 is 24.8 Å². The summed E-state index contributed by atoms with van der Waals surface area (Å²) in [7, 11) is -4.41. The number of phosphoric ester groups is 1. The summed E-state index contributed by atoms with van der Waals surface area (Å²) in [5.41, 5.74) is 6.44. The molecular weight excluding hydrogens is 317 g/mol. The number of aliphatic hydroxyl groups excluding tert-OH is 1. The third kappa shape index (κ3) is 1.95. The van der Waals surface area contributed by atoms with E-state index in [1.807, 2.05) is 0 Å². The Kier molecular flexibility index (Phi) is 2.98. The lowest BCUT2D eigenvalue weighted by molar-refractivity contribution is -0.222. The molecule has 0 aromatic carbocycles. The van der Waals surface area contributed by atoms with E-state index in [4.69, 9.17) is 19.5 Å². The van der Waals surface area contributed by atoms with Crippen molar-refractivity contribution in [3.63, 3.8) is 0 Å². The molecule has 2 aromatic rings. The van der Waals surface area contributed by atoms with Crippen molar-refractivity contribution in [1.29, 1.82) is 0 Å². The van der Waals surface area contributed by atoms with Gasteiger partial charge in [0, 0.05) is 0 Å². The largest absolute Gasteiger partial charge is 0.756 e. The minimum absolute atomic E-state index is 0.190. The number of aromatic nitrogens is 4. The Hall–Kier alpha value is -1.62. The molecule has 0 amide bonds. The second kappa shape index (κ2) is 4.69. The van der Waals surface area contributed by atoms with Gasteiger partial charge in [-0.25, -0.2) is 15.0 Å².